The van der Waals surface area contributed by atoms with Gasteiger partial charge in [-0.3, -0.25) is 9.59 Å². The molecule has 0 aromatic heterocycles. The summed E-state index contributed by atoms with van der Waals surface area (Å²) in [5, 5.41) is 3.25. The summed E-state index contributed by atoms with van der Waals surface area (Å²) in [6, 6.07) is 20.7. The number of amides is 1. The molecule has 0 aliphatic rings. The van der Waals surface area contributed by atoms with E-state index in [-0.39, 0.29) is 11.7 Å². The number of halogens is 1. The van der Waals surface area contributed by atoms with Crippen LogP contribution in [-0.2, 0) is 0 Å². The third-order valence-electron chi connectivity index (χ3n) is 4.37. The molecule has 0 aliphatic carbocycles. The van der Waals surface area contributed by atoms with Crippen LogP contribution < -0.4 is 10.1 Å². The summed E-state index contributed by atoms with van der Waals surface area (Å²) in [4.78, 5) is 25.7. The van der Waals surface area contributed by atoms with Crippen LogP contribution in [0.1, 0.15) is 46.0 Å². The zero-order valence-electron chi connectivity index (χ0n) is 16.2. The molecule has 0 heterocycles. The van der Waals surface area contributed by atoms with Crippen LogP contribution in [0.25, 0.3) is 0 Å². The fourth-order valence-electron chi connectivity index (χ4n) is 2.81. The molecular weight excluding hydrogens is 386 g/mol. The van der Waals surface area contributed by atoms with Gasteiger partial charge in [0.05, 0.1) is 12.3 Å². The Morgan fingerprint density at radius 2 is 1.69 bits per heavy atom. The van der Waals surface area contributed by atoms with Crippen LogP contribution in [0.2, 0.25) is 5.02 Å². The lowest BCUT2D eigenvalue weighted by Gasteiger charge is -2.12. The third-order valence-corrected chi connectivity index (χ3v) is 4.61. The Morgan fingerprint density at radius 3 is 2.45 bits per heavy atom. The molecule has 3 aromatic rings. The molecule has 4 nitrogen and oxygen atoms in total. The second-order valence-electron chi connectivity index (χ2n) is 6.57. The van der Waals surface area contributed by atoms with Gasteiger partial charge in [-0.1, -0.05) is 61.3 Å². The molecule has 0 saturated carbocycles. The van der Waals surface area contributed by atoms with Gasteiger partial charge in [-0.15, -0.1) is 0 Å². The van der Waals surface area contributed by atoms with E-state index in [0.717, 1.165) is 12.8 Å². The number of anilines is 1. The number of ether oxygens (including phenoxy) is 1. The SMILES string of the molecule is CCCCOc1cccc(C(=O)Nc2ccc(Cl)cc2C(=O)c2ccccc2)c1. The van der Waals surface area contributed by atoms with Gasteiger partial charge in [0.15, 0.2) is 5.78 Å². The van der Waals surface area contributed by atoms with Crippen molar-refractivity contribution in [2.45, 2.75) is 19.8 Å². The second kappa shape index (κ2) is 9.89. The zero-order chi connectivity index (χ0) is 20.6. The van der Waals surface area contributed by atoms with Crippen molar-refractivity contribution in [2.24, 2.45) is 0 Å². The van der Waals surface area contributed by atoms with Crippen molar-refractivity contribution >= 4 is 29.0 Å². The van der Waals surface area contributed by atoms with Crippen molar-refractivity contribution in [3.05, 3.63) is 94.5 Å². The fourth-order valence-corrected chi connectivity index (χ4v) is 2.99. The van der Waals surface area contributed by atoms with Gasteiger partial charge in [0.25, 0.3) is 5.91 Å². The van der Waals surface area contributed by atoms with E-state index in [1.807, 2.05) is 12.1 Å². The molecule has 5 heteroatoms. The van der Waals surface area contributed by atoms with Gasteiger partial charge in [-0.25, -0.2) is 0 Å². The highest BCUT2D eigenvalue weighted by Crippen LogP contribution is 2.25. The Bertz CT molecular complexity index is 1000. The van der Waals surface area contributed by atoms with Gasteiger partial charge in [-0.2, -0.15) is 0 Å². The number of rotatable bonds is 8. The van der Waals surface area contributed by atoms with Gasteiger partial charge in [-0.05, 0) is 42.8 Å². The van der Waals surface area contributed by atoms with E-state index < -0.39 is 0 Å². The minimum atomic E-state index is -0.324. The number of nitrogens with one attached hydrogen (secondary N) is 1. The maximum atomic E-state index is 12.9. The predicted molar refractivity (Wildman–Crippen MR) is 116 cm³/mol. The van der Waals surface area contributed by atoms with E-state index in [9.17, 15) is 9.59 Å². The normalized spacial score (nSPS) is 10.4. The zero-order valence-corrected chi connectivity index (χ0v) is 16.9. The third kappa shape index (κ3) is 5.46. The van der Waals surface area contributed by atoms with Gasteiger partial charge in [0.1, 0.15) is 5.75 Å². The van der Waals surface area contributed by atoms with Crippen LogP contribution in [0.15, 0.2) is 72.8 Å². The maximum absolute atomic E-state index is 12.9. The molecule has 1 amide bonds. The van der Waals surface area contributed by atoms with E-state index in [0.29, 0.717) is 39.8 Å². The highest BCUT2D eigenvalue weighted by Gasteiger charge is 2.17. The molecule has 0 atom stereocenters. The summed E-state index contributed by atoms with van der Waals surface area (Å²) in [7, 11) is 0. The number of unbranched alkanes of at least 4 members (excludes halogenated alkanes) is 1. The van der Waals surface area contributed by atoms with Crippen LogP contribution in [0.4, 0.5) is 5.69 Å². The number of benzene rings is 3. The molecule has 0 saturated heterocycles. The lowest BCUT2D eigenvalue weighted by Crippen LogP contribution is -2.15. The van der Waals surface area contributed by atoms with Gasteiger partial charge in [0.2, 0.25) is 0 Å². The largest absolute Gasteiger partial charge is 0.494 e. The molecule has 0 bridgehead atoms. The molecule has 0 fully saturated rings. The molecular formula is C24H22ClNO3. The van der Waals surface area contributed by atoms with Crippen molar-refractivity contribution in [1.82, 2.24) is 0 Å². The van der Waals surface area contributed by atoms with E-state index in [1.165, 1.54) is 0 Å². The molecule has 1 N–H and O–H groups in total. The second-order valence-corrected chi connectivity index (χ2v) is 7.01. The molecule has 0 aliphatic heterocycles. The summed E-state index contributed by atoms with van der Waals surface area (Å²) in [6.07, 6.45) is 1.99. The highest BCUT2D eigenvalue weighted by molar-refractivity contribution is 6.31. The Kier molecular flexibility index (Phi) is 7.04. The molecule has 3 aromatic carbocycles. The van der Waals surface area contributed by atoms with E-state index in [1.54, 1.807) is 60.7 Å². The molecule has 148 valence electrons. The first kappa shape index (κ1) is 20.6. The smallest absolute Gasteiger partial charge is 0.255 e. The average Bonchev–Trinajstić information content (AvgIpc) is 2.75. The van der Waals surface area contributed by atoms with Crippen LogP contribution in [0.5, 0.6) is 5.75 Å². The predicted octanol–water partition coefficient (Wildman–Crippen LogP) is 6.00. The van der Waals surface area contributed by atoms with Gasteiger partial charge >= 0.3 is 0 Å². The van der Waals surface area contributed by atoms with Gasteiger partial charge in [0, 0.05) is 21.7 Å². The first-order valence-corrected chi connectivity index (χ1v) is 9.90. The van der Waals surface area contributed by atoms with Crippen LogP contribution in [-0.4, -0.2) is 18.3 Å². The van der Waals surface area contributed by atoms with E-state index in [4.69, 9.17) is 16.3 Å². The first-order chi connectivity index (χ1) is 14.1. The van der Waals surface area contributed by atoms with E-state index >= 15 is 0 Å². The summed E-state index contributed by atoms with van der Waals surface area (Å²) < 4.78 is 5.67. The summed E-state index contributed by atoms with van der Waals surface area (Å²) in [6.45, 7) is 2.70. The van der Waals surface area contributed by atoms with Crippen molar-refractivity contribution in [3.8, 4) is 5.75 Å². The van der Waals surface area contributed by atoms with Crippen molar-refractivity contribution in [1.29, 1.82) is 0 Å². The fraction of sp³-hybridized carbons (Fsp3) is 0.167. The van der Waals surface area contributed by atoms with Crippen molar-refractivity contribution < 1.29 is 14.3 Å². The number of carbonyl (C=O) groups excluding carboxylic acids is 2. The average molecular weight is 408 g/mol. The first-order valence-electron chi connectivity index (χ1n) is 9.52. The van der Waals surface area contributed by atoms with Gasteiger partial charge < -0.3 is 10.1 Å². The summed E-state index contributed by atoms with van der Waals surface area (Å²) in [5.74, 6) is 0.109. The highest BCUT2D eigenvalue weighted by atomic mass is 35.5. The molecule has 0 unspecified atom stereocenters. The van der Waals surface area contributed by atoms with Crippen molar-refractivity contribution in [2.75, 3.05) is 11.9 Å². The molecule has 29 heavy (non-hydrogen) atoms. The summed E-state index contributed by atoms with van der Waals surface area (Å²) in [5.41, 5.74) is 1.72. The molecule has 0 spiro atoms. The van der Waals surface area contributed by atoms with Crippen LogP contribution in [0.3, 0.4) is 0 Å². The van der Waals surface area contributed by atoms with Crippen LogP contribution in [0, 0.1) is 0 Å². The Balaban J connectivity index is 1.82. The Morgan fingerprint density at radius 1 is 0.931 bits per heavy atom. The number of carbonyl (C=O) groups is 2. The van der Waals surface area contributed by atoms with E-state index in [2.05, 4.69) is 12.2 Å². The topological polar surface area (TPSA) is 55.4 Å². The lowest BCUT2D eigenvalue weighted by molar-refractivity contribution is 0.102. The maximum Gasteiger partial charge on any atom is 0.255 e. The number of hydrogen-bond donors (Lipinski definition) is 1. The molecule has 3 rings (SSSR count). The quantitative estimate of drug-likeness (QED) is 0.368. The Hall–Kier alpha value is -3.11. The van der Waals surface area contributed by atoms with Crippen molar-refractivity contribution in [3.63, 3.8) is 0 Å². The summed E-state index contributed by atoms with van der Waals surface area (Å²) >= 11 is 6.10. The lowest BCUT2D eigenvalue weighted by atomic mass is 10.0. The molecule has 0 radical (unpaired) electrons. The standard InChI is InChI=1S/C24H22ClNO3/c1-2-3-14-29-20-11-7-10-18(15-20)24(28)26-22-13-12-19(25)16-21(22)23(27)17-8-5-4-6-9-17/h4-13,15-16H,2-3,14H2,1H3,(H,26,28). The van der Waals surface area contributed by atoms with Crippen LogP contribution >= 0.6 is 11.6 Å². The number of ketones is 1. The monoisotopic (exact) mass is 407 g/mol. The minimum Gasteiger partial charge on any atom is -0.494 e. The minimum absolute atomic E-state index is 0.208. The number of hydrogen-bond acceptors (Lipinski definition) is 3. The Labute approximate surface area is 175 Å².